The molecule has 5 nitrogen and oxygen atoms in total. The number of nitrogens with one attached hydrogen (secondary N) is 1. The number of hydrogen-bond acceptors (Lipinski definition) is 3. The summed E-state index contributed by atoms with van der Waals surface area (Å²) in [6.07, 6.45) is 2.32. The zero-order chi connectivity index (χ0) is 14.5. The molecule has 0 spiro atoms. The van der Waals surface area contributed by atoms with E-state index in [-0.39, 0.29) is 18.5 Å². The molecular weight excluding hydrogens is 280 g/mol. The normalized spacial score (nSPS) is 17.9. The first-order chi connectivity index (χ1) is 9.56. The molecule has 0 radical (unpaired) electrons. The molecule has 0 aliphatic carbocycles. The van der Waals surface area contributed by atoms with Crippen molar-refractivity contribution in [1.82, 2.24) is 5.32 Å². The summed E-state index contributed by atoms with van der Waals surface area (Å²) in [5.41, 5.74) is 0.555. The zero-order valence-corrected chi connectivity index (χ0v) is 11.8. The van der Waals surface area contributed by atoms with Gasteiger partial charge in [0.2, 0.25) is 5.91 Å². The molecule has 20 heavy (non-hydrogen) atoms. The number of carboxylic acids is 1. The Morgan fingerprint density at radius 3 is 2.60 bits per heavy atom. The van der Waals surface area contributed by atoms with Crippen molar-refractivity contribution in [3.05, 3.63) is 29.3 Å². The molecule has 2 N–H and O–H groups in total. The lowest BCUT2D eigenvalue weighted by atomic mass is 10.1. The van der Waals surface area contributed by atoms with Gasteiger partial charge >= 0.3 is 5.97 Å². The van der Waals surface area contributed by atoms with E-state index < -0.39 is 5.97 Å². The number of nitrogens with zero attached hydrogens (tertiary/aromatic N) is 1. The molecule has 108 valence electrons. The van der Waals surface area contributed by atoms with Gasteiger partial charge in [-0.2, -0.15) is 0 Å². The minimum atomic E-state index is -1.03. The van der Waals surface area contributed by atoms with Crippen LogP contribution in [0.3, 0.4) is 0 Å². The van der Waals surface area contributed by atoms with Crippen LogP contribution in [0.2, 0.25) is 5.02 Å². The number of carbonyl (C=O) groups excluding carboxylic acids is 1. The van der Waals surface area contributed by atoms with Gasteiger partial charge in [0, 0.05) is 23.2 Å². The number of carbonyl (C=O) groups is 2. The molecule has 1 aliphatic heterocycles. The van der Waals surface area contributed by atoms with E-state index in [4.69, 9.17) is 16.7 Å². The standard InChI is InChI=1S/C14H17ClN2O3/c15-10-3-5-12(6-4-10)17(9-14(19)20)13(18)8-11-2-1-7-16-11/h3-6,11,16H,1-2,7-9H2,(H,19,20). The van der Waals surface area contributed by atoms with Crippen molar-refractivity contribution in [3.63, 3.8) is 0 Å². The van der Waals surface area contributed by atoms with Gasteiger partial charge in [0.15, 0.2) is 0 Å². The molecule has 1 saturated heterocycles. The van der Waals surface area contributed by atoms with Crippen LogP contribution in [0.4, 0.5) is 5.69 Å². The highest BCUT2D eigenvalue weighted by atomic mass is 35.5. The lowest BCUT2D eigenvalue weighted by Gasteiger charge is -2.22. The van der Waals surface area contributed by atoms with Crippen LogP contribution >= 0.6 is 11.6 Å². The van der Waals surface area contributed by atoms with E-state index in [0.29, 0.717) is 17.1 Å². The summed E-state index contributed by atoms with van der Waals surface area (Å²) >= 11 is 5.81. The summed E-state index contributed by atoms with van der Waals surface area (Å²) in [5, 5.41) is 12.8. The number of benzene rings is 1. The van der Waals surface area contributed by atoms with Crippen LogP contribution < -0.4 is 10.2 Å². The lowest BCUT2D eigenvalue weighted by molar-refractivity contribution is -0.136. The Balaban J connectivity index is 2.11. The van der Waals surface area contributed by atoms with Crippen molar-refractivity contribution in [2.75, 3.05) is 18.0 Å². The van der Waals surface area contributed by atoms with Crippen molar-refractivity contribution in [1.29, 1.82) is 0 Å². The highest BCUT2D eigenvalue weighted by Crippen LogP contribution is 2.20. The van der Waals surface area contributed by atoms with Gasteiger partial charge in [-0.3, -0.25) is 9.59 Å². The molecule has 0 bridgehead atoms. The van der Waals surface area contributed by atoms with Gasteiger partial charge in [0.1, 0.15) is 6.54 Å². The second-order valence-electron chi connectivity index (χ2n) is 4.85. The quantitative estimate of drug-likeness (QED) is 0.871. The topological polar surface area (TPSA) is 69.6 Å². The Morgan fingerprint density at radius 2 is 2.05 bits per heavy atom. The fourth-order valence-electron chi connectivity index (χ4n) is 2.33. The average molecular weight is 297 g/mol. The lowest BCUT2D eigenvalue weighted by Crippen LogP contribution is -2.39. The molecule has 1 fully saturated rings. The summed E-state index contributed by atoms with van der Waals surface area (Å²) in [6.45, 7) is 0.574. The summed E-state index contributed by atoms with van der Waals surface area (Å²) < 4.78 is 0. The summed E-state index contributed by atoms with van der Waals surface area (Å²) in [4.78, 5) is 24.6. The van der Waals surface area contributed by atoms with Gasteiger partial charge in [-0.1, -0.05) is 11.6 Å². The molecule has 6 heteroatoms. The van der Waals surface area contributed by atoms with Gasteiger partial charge in [-0.05, 0) is 43.7 Å². The SMILES string of the molecule is O=C(O)CN(C(=O)CC1CCCN1)c1ccc(Cl)cc1. The van der Waals surface area contributed by atoms with Gasteiger partial charge in [0.05, 0.1) is 0 Å². The van der Waals surface area contributed by atoms with E-state index in [9.17, 15) is 9.59 Å². The smallest absolute Gasteiger partial charge is 0.323 e. The van der Waals surface area contributed by atoms with Gasteiger partial charge in [-0.15, -0.1) is 0 Å². The Bertz CT molecular complexity index is 484. The monoisotopic (exact) mass is 296 g/mol. The number of carboxylic acid groups (broad SMARTS) is 1. The third kappa shape index (κ3) is 3.95. The van der Waals surface area contributed by atoms with Crippen molar-refractivity contribution < 1.29 is 14.7 Å². The minimum absolute atomic E-state index is 0.145. The van der Waals surface area contributed by atoms with E-state index in [1.807, 2.05) is 0 Å². The molecule has 1 atom stereocenters. The number of rotatable bonds is 5. The molecular formula is C14H17ClN2O3. The van der Waals surface area contributed by atoms with Gasteiger partial charge in [-0.25, -0.2) is 0 Å². The van der Waals surface area contributed by atoms with Crippen LogP contribution in [0.15, 0.2) is 24.3 Å². The van der Waals surface area contributed by atoms with E-state index in [1.165, 1.54) is 4.90 Å². The zero-order valence-electron chi connectivity index (χ0n) is 11.0. The van der Waals surface area contributed by atoms with E-state index in [1.54, 1.807) is 24.3 Å². The molecule has 1 unspecified atom stereocenters. The molecule has 2 rings (SSSR count). The van der Waals surface area contributed by atoms with Crippen molar-refractivity contribution in [2.24, 2.45) is 0 Å². The van der Waals surface area contributed by atoms with E-state index in [2.05, 4.69) is 5.32 Å². The van der Waals surface area contributed by atoms with E-state index in [0.717, 1.165) is 19.4 Å². The Hall–Kier alpha value is -1.59. The fraction of sp³-hybridized carbons (Fsp3) is 0.429. The number of anilines is 1. The number of halogens is 1. The average Bonchev–Trinajstić information content (AvgIpc) is 2.89. The summed E-state index contributed by atoms with van der Waals surface area (Å²) in [7, 11) is 0. The molecule has 1 aliphatic rings. The highest BCUT2D eigenvalue weighted by molar-refractivity contribution is 6.30. The maximum Gasteiger partial charge on any atom is 0.323 e. The van der Waals surface area contributed by atoms with Crippen molar-refractivity contribution >= 4 is 29.2 Å². The highest BCUT2D eigenvalue weighted by Gasteiger charge is 2.24. The molecule has 1 heterocycles. The third-order valence-electron chi connectivity index (χ3n) is 3.32. The first kappa shape index (κ1) is 14.8. The van der Waals surface area contributed by atoms with Crippen LogP contribution in [0, 0.1) is 0 Å². The van der Waals surface area contributed by atoms with Crippen LogP contribution in [0.25, 0.3) is 0 Å². The Morgan fingerprint density at radius 1 is 1.35 bits per heavy atom. The predicted molar refractivity (Wildman–Crippen MR) is 77.1 cm³/mol. The Labute approximate surface area is 122 Å². The van der Waals surface area contributed by atoms with Gasteiger partial charge < -0.3 is 15.3 Å². The predicted octanol–water partition coefficient (Wildman–Crippen LogP) is 1.90. The van der Waals surface area contributed by atoms with E-state index >= 15 is 0 Å². The molecule has 1 amide bonds. The number of amides is 1. The number of aliphatic carboxylic acids is 1. The fourth-order valence-corrected chi connectivity index (χ4v) is 2.46. The van der Waals surface area contributed by atoms with Crippen molar-refractivity contribution in [3.8, 4) is 0 Å². The largest absolute Gasteiger partial charge is 0.480 e. The minimum Gasteiger partial charge on any atom is -0.480 e. The summed E-state index contributed by atoms with van der Waals surface area (Å²) in [5.74, 6) is -1.22. The van der Waals surface area contributed by atoms with Crippen LogP contribution in [-0.2, 0) is 9.59 Å². The molecule has 0 aromatic heterocycles. The van der Waals surface area contributed by atoms with Crippen molar-refractivity contribution in [2.45, 2.75) is 25.3 Å². The van der Waals surface area contributed by atoms with Crippen LogP contribution in [-0.4, -0.2) is 36.1 Å². The first-order valence-electron chi connectivity index (χ1n) is 6.57. The maximum atomic E-state index is 12.3. The van der Waals surface area contributed by atoms with Crippen LogP contribution in [0.1, 0.15) is 19.3 Å². The Kier molecular flexibility index (Phi) is 4.98. The first-order valence-corrected chi connectivity index (χ1v) is 6.95. The number of hydrogen-bond donors (Lipinski definition) is 2. The molecule has 0 saturated carbocycles. The van der Waals surface area contributed by atoms with Crippen LogP contribution in [0.5, 0.6) is 0 Å². The summed E-state index contributed by atoms with van der Waals surface area (Å²) in [6, 6.07) is 6.75. The second-order valence-corrected chi connectivity index (χ2v) is 5.28. The van der Waals surface area contributed by atoms with Gasteiger partial charge in [0.25, 0.3) is 0 Å². The third-order valence-corrected chi connectivity index (χ3v) is 3.57. The second kappa shape index (κ2) is 6.72. The maximum absolute atomic E-state index is 12.3. The molecule has 1 aromatic rings. The molecule has 1 aromatic carbocycles.